The standard InChI is InChI=1S/C23H20O/c1-24-23-13-7-4-10-19(23)16-22-20-11-5-2-8-17(20)14-15-18-9-3-6-12-21(18)22/h2-13,16H,14-15H2,1H3. The number of benzene rings is 3. The number of rotatable bonds is 2. The first-order chi connectivity index (χ1) is 11.9. The highest BCUT2D eigenvalue weighted by atomic mass is 16.5. The zero-order valence-corrected chi connectivity index (χ0v) is 13.8. The van der Waals surface area contributed by atoms with Crippen LogP contribution in [0.2, 0.25) is 0 Å². The van der Waals surface area contributed by atoms with Crippen molar-refractivity contribution in [3.8, 4) is 5.75 Å². The lowest BCUT2D eigenvalue weighted by molar-refractivity contribution is 0.414. The van der Waals surface area contributed by atoms with Gasteiger partial charge in [-0.15, -0.1) is 0 Å². The van der Waals surface area contributed by atoms with Crippen molar-refractivity contribution >= 4 is 11.6 Å². The summed E-state index contributed by atoms with van der Waals surface area (Å²) in [5, 5.41) is 0. The van der Waals surface area contributed by atoms with Crippen molar-refractivity contribution in [3.63, 3.8) is 0 Å². The molecule has 0 radical (unpaired) electrons. The molecule has 3 aromatic rings. The van der Waals surface area contributed by atoms with Gasteiger partial charge in [-0.2, -0.15) is 0 Å². The molecule has 0 heterocycles. The zero-order chi connectivity index (χ0) is 16.4. The highest BCUT2D eigenvalue weighted by Crippen LogP contribution is 2.36. The van der Waals surface area contributed by atoms with Gasteiger partial charge in [-0.05, 0) is 52.8 Å². The van der Waals surface area contributed by atoms with Gasteiger partial charge in [0.05, 0.1) is 7.11 Å². The molecule has 0 unspecified atom stereocenters. The van der Waals surface area contributed by atoms with E-state index in [0.717, 1.165) is 24.2 Å². The Morgan fingerprint density at radius 2 is 1.25 bits per heavy atom. The van der Waals surface area contributed by atoms with E-state index < -0.39 is 0 Å². The third-order valence-electron chi connectivity index (χ3n) is 4.72. The SMILES string of the molecule is COc1ccccc1C=C1c2ccccc2CCc2ccccc21. The summed E-state index contributed by atoms with van der Waals surface area (Å²) in [6.45, 7) is 0. The Morgan fingerprint density at radius 1 is 0.708 bits per heavy atom. The minimum Gasteiger partial charge on any atom is -0.496 e. The van der Waals surface area contributed by atoms with Gasteiger partial charge in [-0.3, -0.25) is 0 Å². The van der Waals surface area contributed by atoms with Gasteiger partial charge in [0.25, 0.3) is 0 Å². The lowest BCUT2D eigenvalue weighted by Gasteiger charge is -2.13. The molecule has 1 aliphatic carbocycles. The Balaban J connectivity index is 1.98. The topological polar surface area (TPSA) is 9.23 Å². The van der Waals surface area contributed by atoms with Gasteiger partial charge in [-0.25, -0.2) is 0 Å². The van der Waals surface area contributed by atoms with Crippen LogP contribution in [-0.4, -0.2) is 7.11 Å². The van der Waals surface area contributed by atoms with E-state index in [2.05, 4.69) is 66.7 Å². The Morgan fingerprint density at radius 3 is 1.88 bits per heavy atom. The van der Waals surface area contributed by atoms with Crippen molar-refractivity contribution in [2.24, 2.45) is 0 Å². The average Bonchev–Trinajstić information content (AvgIpc) is 2.80. The van der Waals surface area contributed by atoms with Gasteiger partial charge in [0.1, 0.15) is 5.75 Å². The minimum absolute atomic E-state index is 0.907. The molecule has 0 N–H and O–H groups in total. The monoisotopic (exact) mass is 312 g/mol. The van der Waals surface area contributed by atoms with E-state index in [1.807, 2.05) is 12.1 Å². The van der Waals surface area contributed by atoms with Crippen LogP contribution in [0.4, 0.5) is 0 Å². The molecule has 0 saturated heterocycles. The van der Waals surface area contributed by atoms with Crippen molar-refractivity contribution < 1.29 is 4.74 Å². The fourth-order valence-corrected chi connectivity index (χ4v) is 3.51. The van der Waals surface area contributed by atoms with Crippen LogP contribution in [0.25, 0.3) is 11.6 Å². The Bertz CT molecular complexity index is 856. The molecule has 1 nitrogen and oxygen atoms in total. The van der Waals surface area contributed by atoms with Gasteiger partial charge in [0.2, 0.25) is 0 Å². The number of para-hydroxylation sites is 1. The maximum atomic E-state index is 5.55. The second-order valence-corrected chi connectivity index (χ2v) is 6.11. The van der Waals surface area contributed by atoms with Crippen molar-refractivity contribution in [1.29, 1.82) is 0 Å². The summed E-state index contributed by atoms with van der Waals surface area (Å²) in [6.07, 6.45) is 4.43. The van der Waals surface area contributed by atoms with E-state index in [9.17, 15) is 0 Å². The average molecular weight is 312 g/mol. The molecule has 0 aliphatic heterocycles. The van der Waals surface area contributed by atoms with Gasteiger partial charge in [0.15, 0.2) is 0 Å². The Kier molecular flexibility index (Phi) is 3.92. The second-order valence-electron chi connectivity index (χ2n) is 6.11. The van der Waals surface area contributed by atoms with Crippen LogP contribution in [-0.2, 0) is 12.8 Å². The number of methoxy groups -OCH3 is 1. The fraction of sp³-hybridized carbons (Fsp3) is 0.130. The Labute approximate surface area is 143 Å². The van der Waals surface area contributed by atoms with Gasteiger partial charge in [-0.1, -0.05) is 66.7 Å². The van der Waals surface area contributed by atoms with E-state index in [1.165, 1.54) is 27.8 Å². The molecule has 0 fully saturated rings. The van der Waals surface area contributed by atoms with Crippen molar-refractivity contribution in [1.82, 2.24) is 0 Å². The number of aryl methyl sites for hydroxylation is 2. The highest BCUT2D eigenvalue weighted by Gasteiger charge is 2.17. The summed E-state index contributed by atoms with van der Waals surface area (Å²) in [7, 11) is 1.73. The van der Waals surface area contributed by atoms with Gasteiger partial charge >= 0.3 is 0 Å². The number of ether oxygens (including phenoxy) is 1. The van der Waals surface area contributed by atoms with Crippen LogP contribution in [0.3, 0.4) is 0 Å². The molecule has 0 spiro atoms. The van der Waals surface area contributed by atoms with E-state index in [-0.39, 0.29) is 0 Å². The third-order valence-corrected chi connectivity index (χ3v) is 4.72. The molecular formula is C23H20O. The molecule has 1 aliphatic rings. The number of fused-ring (bicyclic) bond motifs is 2. The quantitative estimate of drug-likeness (QED) is 0.617. The second kappa shape index (κ2) is 6.37. The number of hydrogen-bond donors (Lipinski definition) is 0. The lowest BCUT2D eigenvalue weighted by atomic mass is 9.92. The van der Waals surface area contributed by atoms with Crippen molar-refractivity contribution in [2.45, 2.75) is 12.8 Å². The van der Waals surface area contributed by atoms with Gasteiger partial charge in [0, 0.05) is 5.56 Å². The van der Waals surface area contributed by atoms with Crippen LogP contribution in [0.5, 0.6) is 5.75 Å². The molecule has 0 bridgehead atoms. The number of hydrogen-bond acceptors (Lipinski definition) is 1. The summed E-state index contributed by atoms with van der Waals surface area (Å²) in [4.78, 5) is 0. The fourth-order valence-electron chi connectivity index (χ4n) is 3.51. The molecule has 0 saturated carbocycles. The predicted molar refractivity (Wildman–Crippen MR) is 100 cm³/mol. The van der Waals surface area contributed by atoms with Gasteiger partial charge < -0.3 is 4.74 Å². The van der Waals surface area contributed by atoms with Crippen LogP contribution >= 0.6 is 0 Å². The first-order valence-corrected chi connectivity index (χ1v) is 8.38. The van der Waals surface area contributed by atoms with Crippen LogP contribution in [0, 0.1) is 0 Å². The maximum Gasteiger partial charge on any atom is 0.126 e. The molecule has 3 aromatic carbocycles. The largest absolute Gasteiger partial charge is 0.496 e. The molecular weight excluding hydrogens is 292 g/mol. The molecule has 0 aromatic heterocycles. The molecule has 0 amide bonds. The smallest absolute Gasteiger partial charge is 0.126 e. The third kappa shape index (κ3) is 2.63. The summed E-state index contributed by atoms with van der Waals surface area (Å²) >= 11 is 0. The molecule has 4 rings (SSSR count). The molecule has 1 heteroatoms. The first kappa shape index (κ1) is 14.8. The highest BCUT2D eigenvalue weighted by molar-refractivity contribution is 5.94. The van der Waals surface area contributed by atoms with Crippen LogP contribution in [0.1, 0.15) is 27.8 Å². The predicted octanol–water partition coefficient (Wildman–Crippen LogP) is 5.38. The molecule has 118 valence electrons. The molecule has 0 atom stereocenters. The summed E-state index contributed by atoms with van der Waals surface area (Å²) in [5.74, 6) is 0.907. The van der Waals surface area contributed by atoms with E-state index in [4.69, 9.17) is 4.74 Å². The Hall–Kier alpha value is -2.80. The summed E-state index contributed by atoms with van der Waals surface area (Å²) < 4.78 is 5.55. The van der Waals surface area contributed by atoms with Crippen molar-refractivity contribution in [3.05, 3.63) is 101 Å². The van der Waals surface area contributed by atoms with Crippen molar-refractivity contribution in [2.75, 3.05) is 7.11 Å². The first-order valence-electron chi connectivity index (χ1n) is 8.38. The maximum absolute atomic E-state index is 5.55. The van der Waals surface area contributed by atoms with E-state index in [1.54, 1.807) is 7.11 Å². The van der Waals surface area contributed by atoms with E-state index >= 15 is 0 Å². The normalized spacial score (nSPS) is 12.8. The minimum atomic E-state index is 0.907. The lowest BCUT2D eigenvalue weighted by Crippen LogP contribution is -1.93. The molecule has 24 heavy (non-hydrogen) atoms. The summed E-state index contributed by atoms with van der Waals surface area (Å²) in [6, 6.07) is 25.7. The zero-order valence-electron chi connectivity index (χ0n) is 13.8. The summed E-state index contributed by atoms with van der Waals surface area (Å²) in [5.41, 5.74) is 7.87. The van der Waals surface area contributed by atoms with Crippen LogP contribution < -0.4 is 4.74 Å². The van der Waals surface area contributed by atoms with Crippen LogP contribution in [0.15, 0.2) is 72.8 Å². The van der Waals surface area contributed by atoms with E-state index in [0.29, 0.717) is 0 Å².